The zero-order chi connectivity index (χ0) is 14.2. The van der Waals surface area contributed by atoms with E-state index in [9.17, 15) is 0 Å². The van der Waals surface area contributed by atoms with Crippen LogP contribution in [-0.4, -0.2) is 50.5 Å². The molecule has 0 aliphatic carbocycles. The summed E-state index contributed by atoms with van der Waals surface area (Å²) < 4.78 is 8.14. The van der Waals surface area contributed by atoms with Crippen LogP contribution in [0.3, 0.4) is 0 Å². The van der Waals surface area contributed by atoms with Gasteiger partial charge in [0.05, 0.1) is 12.1 Å². The zero-order valence-corrected chi connectivity index (χ0v) is 12.5. The van der Waals surface area contributed by atoms with Crippen LogP contribution < -0.4 is 5.73 Å². The van der Waals surface area contributed by atoms with Crippen molar-refractivity contribution in [1.29, 1.82) is 0 Å². The molecule has 2 aliphatic heterocycles. The van der Waals surface area contributed by atoms with Gasteiger partial charge in [-0.05, 0) is 26.2 Å². The lowest BCUT2D eigenvalue weighted by atomic mass is 9.77. The van der Waals surface area contributed by atoms with E-state index in [1.807, 2.05) is 6.33 Å². The standard InChI is InChI=1S/C14H25N5O/c1-3-13(2)9-14(10-15,4-7-20-13)19-6-5-18-11-16-17-12(18)8-19/h11H,3-10,15H2,1-2H3. The van der Waals surface area contributed by atoms with E-state index in [2.05, 4.69) is 33.5 Å². The molecule has 3 rings (SSSR count). The first-order valence-corrected chi connectivity index (χ1v) is 7.57. The summed E-state index contributed by atoms with van der Waals surface area (Å²) in [4.78, 5) is 2.51. The molecule has 6 heteroatoms. The second-order valence-electron chi connectivity index (χ2n) is 6.37. The van der Waals surface area contributed by atoms with Gasteiger partial charge < -0.3 is 15.0 Å². The van der Waals surface area contributed by atoms with E-state index in [0.717, 1.165) is 51.3 Å². The maximum atomic E-state index is 6.20. The Morgan fingerprint density at radius 1 is 1.45 bits per heavy atom. The van der Waals surface area contributed by atoms with Crippen LogP contribution in [0.5, 0.6) is 0 Å². The Hall–Kier alpha value is -0.980. The number of hydrogen-bond donors (Lipinski definition) is 1. The largest absolute Gasteiger partial charge is 0.375 e. The van der Waals surface area contributed by atoms with Crippen LogP contribution in [0.4, 0.5) is 0 Å². The van der Waals surface area contributed by atoms with Gasteiger partial charge in [0, 0.05) is 31.8 Å². The number of ether oxygens (including phenoxy) is 1. The Kier molecular flexibility index (Phi) is 3.56. The second kappa shape index (κ2) is 5.09. The van der Waals surface area contributed by atoms with Crippen molar-refractivity contribution in [2.24, 2.45) is 5.73 Å². The maximum absolute atomic E-state index is 6.20. The zero-order valence-electron chi connectivity index (χ0n) is 12.5. The van der Waals surface area contributed by atoms with Crippen LogP contribution in [0.2, 0.25) is 0 Å². The van der Waals surface area contributed by atoms with Gasteiger partial charge in [0.15, 0.2) is 0 Å². The lowest BCUT2D eigenvalue weighted by Crippen LogP contribution is -2.62. The molecule has 1 fully saturated rings. The lowest BCUT2D eigenvalue weighted by Gasteiger charge is -2.52. The third kappa shape index (κ3) is 2.25. The van der Waals surface area contributed by atoms with E-state index in [1.165, 1.54) is 0 Å². The molecule has 2 unspecified atom stereocenters. The molecule has 0 radical (unpaired) electrons. The fourth-order valence-electron chi connectivity index (χ4n) is 3.59. The van der Waals surface area contributed by atoms with Gasteiger partial charge in [-0.3, -0.25) is 4.90 Å². The van der Waals surface area contributed by atoms with E-state index < -0.39 is 0 Å². The summed E-state index contributed by atoms with van der Waals surface area (Å²) in [6.45, 7) is 8.69. The molecule has 0 bridgehead atoms. The molecule has 0 aromatic carbocycles. The molecule has 2 N–H and O–H groups in total. The highest BCUT2D eigenvalue weighted by Crippen LogP contribution is 2.39. The van der Waals surface area contributed by atoms with Gasteiger partial charge in [-0.1, -0.05) is 6.92 Å². The van der Waals surface area contributed by atoms with E-state index in [4.69, 9.17) is 10.5 Å². The second-order valence-corrected chi connectivity index (χ2v) is 6.37. The molecular formula is C14H25N5O. The minimum atomic E-state index is -0.0528. The van der Waals surface area contributed by atoms with Crippen LogP contribution >= 0.6 is 0 Å². The summed E-state index contributed by atoms with van der Waals surface area (Å²) in [6, 6.07) is 0. The monoisotopic (exact) mass is 279 g/mol. The lowest BCUT2D eigenvalue weighted by molar-refractivity contribution is -0.133. The van der Waals surface area contributed by atoms with Gasteiger partial charge in [-0.25, -0.2) is 0 Å². The van der Waals surface area contributed by atoms with Crippen molar-refractivity contribution in [2.75, 3.05) is 19.7 Å². The third-order valence-corrected chi connectivity index (χ3v) is 5.16. The normalized spacial score (nSPS) is 35.0. The molecular weight excluding hydrogens is 254 g/mol. The first-order valence-electron chi connectivity index (χ1n) is 7.57. The van der Waals surface area contributed by atoms with Gasteiger partial charge in [-0.15, -0.1) is 10.2 Å². The van der Waals surface area contributed by atoms with Crippen molar-refractivity contribution < 1.29 is 4.74 Å². The number of aromatic nitrogens is 3. The molecule has 3 heterocycles. The Bertz CT molecular complexity index is 476. The van der Waals surface area contributed by atoms with E-state index in [1.54, 1.807) is 0 Å². The van der Waals surface area contributed by atoms with Gasteiger partial charge in [0.1, 0.15) is 12.2 Å². The fraction of sp³-hybridized carbons (Fsp3) is 0.857. The summed E-state index contributed by atoms with van der Waals surface area (Å²) in [5.74, 6) is 1.05. The minimum absolute atomic E-state index is 0.0419. The predicted octanol–water partition coefficient (Wildman–Crippen LogP) is 0.770. The Balaban J connectivity index is 1.83. The topological polar surface area (TPSA) is 69.2 Å². The van der Waals surface area contributed by atoms with E-state index in [-0.39, 0.29) is 11.1 Å². The van der Waals surface area contributed by atoms with Crippen molar-refractivity contribution in [3.8, 4) is 0 Å². The molecule has 1 aromatic heterocycles. The SMILES string of the molecule is CCC1(C)CC(CN)(N2CCn3cnnc3C2)CCO1. The average molecular weight is 279 g/mol. The first-order chi connectivity index (χ1) is 9.61. The molecule has 6 nitrogen and oxygen atoms in total. The number of hydrogen-bond acceptors (Lipinski definition) is 5. The van der Waals surface area contributed by atoms with Gasteiger partial charge in [0.2, 0.25) is 0 Å². The molecule has 0 saturated carbocycles. The highest BCUT2D eigenvalue weighted by molar-refractivity contribution is 5.03. The Morgan fingerprint density at radius 2 is 2.30 bits per heavy atom. The van der Waals surface area contributed by atoms with Crippen LogP contribution in [0.15, 0.2) is 6.33 Å². The van der Waals surface area contributed by atoms with Crippen LogP contribution in [-0.2, 0) is 17.8 Å². The van der Waals surface area contributed by atoms with Gasteiger partial charge in [0.25, 0.3) is 0 Å². The minimum Gasteiger partial charge on any atom is -0.375 e. The van der Waals surface area contributed by atoms with Crippen molar-refractivity contribution in [1.82, 2.24) is 19.7 Å². The van der Waals surface area contributed by atoms with Gasteiger partial charge >= 0.3 is 0 Å². The van der Waals surface area contributed by atoms with Crippen molar-refractivity contribution in [2.45, 2.75) is 57.3 Å². The number of rotatable bonds is 3. The highest BCUT2D eigenvalue weighted by Gasteiger charge is 2.46. The molecule has 1 saturated heterocycles. The summed E-state index contributed by atoms with van der Waals surface area (Å²) in [6.07, 6.45) is 4.86. The smallest absolute Gasteiger partial charge is 0.147 e. The fourth-order valence-corrected chi connectivity index (χ4v) is 3.59. The summed E-state index contributed by atoms with van der Waals surface area (Å²) in [5, 5.41) is 8.23. The van der Waals surface area contributed by atoms with Crippen LogP contribution in [0, 0.1) is 0 Å². The highest BCUT2D eigenvalue weighted by atomic mass is 16.5. The average Bonchev–Trinajstić information content (AvgIpc) is 2.94. The van der Waals surface area contributed by atoms with Crippen molar-refractivity contribution in [3.05, 3.63) is 12.2 Å². The molecule has 112 valence electrons. The van der Waals surface area contributed by atoms with E-state index in [0.29, 0.717) is 6.54 Å². The molecule has 20 heavy (non-hydrogen) atoms. The summed E-state index contributed by atoms with van der Waals surface area (Å²) in [7, 11) is 0. The van der Waals surface area contributed by atoms with E-state index >= 15 is 0 Å². The summed E-state index contributed by atoms with van der Waals surface area (Å²) in [5.41, 5.74) is 6.19. The predicted molar refractivity (Wildman–Crippen MR) is 76.1 cm³/mol. The third-order valence-electron chi connectivity index (χ3n) is 5.16. The molecule has 2 atom stereocenters. The molecule has 0 amide bonds. The van der Waals surface area contributed by atoms with Crippen LogP contribution in [0.1, 0.15) is 38.9 Å². The van der Waals surface area contributed by atoms with Crippen LogP contribution in [0.25, 0.3) is 0 Å². The number of nitrogens with two attached hydrogens (primary N) is 1. The summed E-state index contributed by atoms with van der Waals surface area (Å²) >= 11 is 0. The molecule has 1 aromatic rings. The molecule has 0 spiro atoms. The van der Waals surface area contributed by atoms with Crippen molar-refractivity contribution >= 4 is 0 Å². The van der Waals surface area contributed by atoms with Crippen molar-refractivity contribution in [3.63, 3.8) is 0 Å². The Labute approximate surface area is 120 Å². The molecule has 2 aliphatic rings. The maximum Gasteiger partial charge on any atom is 0.147 e. The quantitative estimate of drug-likeness (QED) is 0.885. The number of fused-ring (bicyclic) bond motifs is 1. The Morgan fingerprint density at radius 3 is 3.05 bits per heavy atom. The number of nitrogens with zero attached hydrogens (tertiary/aromatic N) is 4. The first kappa shape index (κ1) is 14.0. The van der Waals surface area contributed by atoms with Gasteiger partial charge in [-0.2, -0.15) is 0 Å².